The van der Waals surface area contributed by atoms with Crippen molar-refractivity contribution in [2.45, 2.75) is 18.1 Å². The van der Waals surface area contributed by atoms with Gasteiger partial charge in [-0.1, -0.05) is 0 Å². The Morgan fingerprint density at radius 3 is 3.31 bits per heavy atom. The summed E-state index contributed by atoms with van der Waals surface area (Å²) < 4.78 is 5.02. The molecule has 5 nitrogen and oxygen atoms in total. The molecule has 1 atom stereocenters. The first-order chi connectivity index (χ1) is 7.81. The summed E-state index contributed by atoms with van der Waals surface area (Å²) in [5, 5.41) is 3.79. The number of methoxy groups -OCH3 is 1. The van der Waals surface area contributed by atoms with E-state index in [0.29, 0.717) is 11.1 Å². The van der Waals surface area contributed by atoms with Gasteiger partial charge in [-0.25, -0.2) is 4.98 Å². The van der Waals surface area contributed by atoms with Crippen LogP contribution in [0.3, 0.4) is 0 Å². The zero-order valence-corrected chi connectivity index (χ0v) is 9.97. The van der Waals surface area contributed by atoms with E-state index in [1.165, 1.54) is 32.0 Å². The van der Waals surface area contributed by atoms with E-state index in [2.05, 4.69) is 15.3 Å². The molecule has 88 valence electrons. The topological polar surface area (TPSA) is 67.0 Å². The fourth-order valence-electron chi connectivity index (χ4n) is 1.72. The van der Waals surface area contributed by atoms with E-state index in [-0.39, 0.29) is 11.3 Å². The van der Waals surface area contributed by atoms with Crippen LogP contribution in [0.4, 0.5) is 5.82 Å². The molecule has 1 fully saturated rings. The van der Waals surface area contributed by atoms with Crippen LogP contribution in [0, 0.1) is 0 Å². The van der Waals surface area contributed by atoms with Crippen molar-refractivity contribution in [1.29, 1.82) is 0 Å². The highest BCUT2D eigenvalue weighted by atomic mass is 32.2. The summed E-state index contributed by atoms with van der Waals surface area (Å²) in [5.41, 5.74) is -0.251. The van der Waals surface area contributed by atoms with E-state index >= 15 is 0 Å². The molecule has 1 aromatic rings. The number of nitrogens with zero attached hydrogens (tertiary/aromatic N) is 1. The van der Waals surface area contributed by atoms with Gasteiger partial charge in [-0.15, -0.1) is 0 Å². The van der Waals surface area contributed by atoms with E-state index in [1.54, 1.807) is 0 Å². The highest BCUT2D eigenvalue weighted by Crippen LogP contribution is 2.26. The molecule has 0 aromatic carbocycles. The minimum absolute atomic E-state index is 0.251. The second kappa shape index (κ2) is 5.25. The average Bonchev–Trinajstić information content (AvgIpc) is 2.79. The van der Waals surface area contributed by atoms with Crippen LogP contribution in [0.15, 0.2) is 11.1 Å². The lowest BCUT2D eigenvalue weighted by atomic mass is 10.2. The third kappa shape index (κ3) is 2.49. The molecule has 0 spiro atoms. The Bertz CT molecular complexity index is 401. The number of hydrogen-bond donors (Lipinski definition) is 2. The number of ether oxygens (including phenoxy) is 1. The Morgan fingerprint density at radius 1 is 1.75 bits per heavy atom. The van der Waals surface area contributed by atoms with Gasteiger partial charge in [0.1, 0.15) is 0 Å². The van der Waals surface area contributed by atoms with Crippen molar-refractivity contribution >= 4 is 17.6 Å². The maximum Gasteiger partial charge on any atom is 0.295 e. The standard InChI is InChI=1S/C10H15N3O2S/c1-15-8-9(12-6-13-10(8)14)11-5-7-3-2-4-16-7/h6-7H,2-5H2,1H3,(H2,11,12,13,14). The van der Waals surface area contributed by atoms with Crippen molar-refractivity contribution in [2.75, 3.05) is 24.7 Å². The van der Waals surface area contributed by atoms with Gasteiger partial charge >= 0.3 is 0 Å². The molecule has 2 heterocycles. The van der Waals surface area contributed by atoms with E-state index in [0.717, 1.165) is 6.54 Å². The van der Waals surface area contributed by atoms with Crippen LogP contribution in [-0.2, 0) is 0 Å². The maximum absolute atomic E-state index is 11.4. The molecule has 1 aliphatic heterocycles. The minimum atomic E-state index is -0.251. The molecular weight excluding hydrogens is 226 g/mol. The Kier molecular flexibility index (Phi) is 3.71. The van der Waals surface area contributed by atoms with Gasteiger partial charge in [0, 0.05) is 11.8 Å². The number of H-pyrrole nitrogens is 1. The van der Waals surface area contributed by atoms with Crippen molar-refractivity contribution in [3.05, 3.63) is 16.7 Å². The summed E-state index contributed by atoms with van der Waals surface area (Å²) in [6.07, 6.45) is 3.88. The van der Waals surface area contributed by atoms with Gasteiger partial charge < -0.3 is 15.0 Å². The molecule has 2 N–H and O–H groups in total. The highest BCUT2D eigenvalue weighted by Gasteiger charge is 2.16. The summed E-state index contributed by atoms with van der Waals surface area (Å²) in [6, 6.07) is 0. The molecule has 1 aliphatic rings. The average molecular weight is 241 g/mol. The summed E-state index contributed by atoms with van der Waals surface area (Å²) in [5.74, 6) is 2.01. The lowest BCUT2D eigenvalue weighted by molar-refractivity contribution is 0.408. The van der Waals surface area contributed by atoms with Crippen molar-refractivity contribution < 1.29 is 4.74 Å². The van der Waals surface area contributed by atoms with Gasteiger partial charge in [-0.05, 0) is 18.6 Å². The number of hydrogen-bond acceptors (Lipinski definition) is 5. The van der Waals surface area contributed by atoms with Crippen molar-refractivity contribution in [2.24, 2.45) is 0 Å². The van der Waals surface area contributed by atoms with Crippen molar-refractivity contribution in [1.82, 2.24) is 9.97 Å². The molecule has 0 aliphatic carbocycles. The molecule has 0 amide bonds. The predicted octanol–water partition coefficient (Wildman–Crippen LogP) is 1.09. The number of thioether (sulfide) groups is 1. The van der Waals surface area contributed by atoms with Crippen LogP contribution in [0.25, 0.3) is 0 Å². The van der Waals surface area contributed by atoms with E-state index < -0.39 is 0 Å². The third-order valence-corrected chi connectivity index (χ3v) is 3.93. The summed E-state index contributed by atoms with van der Waals surface area (Å²) in [6.45, 7) is 0.831. The largest absolute Gasteiger partial charge is 0.489 e. The molecule has 1 saturated heterocycles. The molecule has 1 aromatic heterocycles. The molecule has 6 heteroatoms. The van der Waals surface area contributed by atoms with Gasteiger partial charge in [0.15, 0.2) is 5.82 Å². The number of rotatable bonds is 4. The molecular formula is C10H15N3O2S. The number of aromatic nitrogens is 2. The second-order valence-electron chi connectivity index (χ2n) is 3.63. The van der Waals surface area contributed by atoms with Gasteiger partial charge in [0.2, 0.25) is 5.75 Å². The fraction of sp³-hybridized carbons (Fsp3) is 0.600. The van der Waals surface area contributed by atoms with Crippen LogP contribution in [0.2, 0.25) is 0 Å². The van der Waals surface area contributed by atoms with Crippen LogP contribution < -0.4 is 15.6 Å². The molecule has 0 saturated carbocycles. The van der Waals surface area contributed by atoms with E-state index in [9.17, 15) is 4.79 Å². The van der Waals surface area contributed by atoms with Gasteiger partial charge in [0.25, 0.3) is 5.56 Å². The first-order valence-electron chi connectivity index (χ1n) is 5.28. The lowest BCUT2D eigenvalue weighted by Crippen LogP contribution is -2.18. The van der Waals surface area contributed by atoms with Crippen LogP contribution in [-0.4, -0.2) is 34.6 Å². The summed E-state index contributed by atoms with van der Waals surface area (Å²) >= 11 is 1.96. The van der Waals surface area contributed by atoms with E-state index in [4.69, 9.17) is 4.74 Å². The molecule has 16 heavy (non-hydrogen) atoms. The quantitative estimate of drug-likeness (QED) is 0.826. The highest BCUT2D eigenvalue weighted by molar-refractivity contribution is 8.00. The number of nitrogens with one attached hydrogen (secondary N) is 2. The van der Waals surface area contributed by atoms with Crippen molar-refractivity contribution in [3.63, 3.8) is 0 Å². The van der Waals surface area contributed by atoms with Crippen molar-refractivity contribution in [3.8, 4) is 5.75 Å². The van der Waals surface area contributed by atoms with Gasteiger partial charge in [0.05, 0.1) is 13.4 Å². The van der Waals surface area contributed by atoms with Gasteiger partial charge in [-0.3, -0.25) is 4.79 Å². The lowest BCUT2D eigenvalue weighted by Gasteiger charge is -2.12. The Labute approximate surface area is 98.0 Å². The zero-order chi connectivity index (χ0) is 11.4. The Hall–Kier alpha value is -1.17. The van der Waals surface area contributed by atoms with Crippen LogP contribution >= 0.6 is 11.8 Å². The fourth-order valence-corrected chi connectivity index (χ4v) is 2.92. The number of aromatic amines is 1. The van der Waals surface area contributed by atoms with Gasteiger partial charge in [-0.2, -0.15) is 11.8 Å². The van der Waals surface area contributed by atoms with E-state index in [1.807, 2.05) is 11.8 Å². The Morgan fingerprint density at radius 2 is 2.62 bits per heavy atom. The smallest absolute Gasteiger partial charge is 0.295 e. The molecule has 2 rings (SSSR count). The second-order valence-corrected chi connectivity index (χ2v) is 5.04. The molecule has 1 unspecified atom stereocenters. The summed E-state index contributed by atoms with van der Waals surface area (Å²) in [4.78, 5) is 18.0. The zero-order valence-electron chi connectivity index (χ0n) is 9.16. The van der Waals surface area contributed by atoms with Crippen LogP contribution in [0.1, 0.15) is 12.8 Å². The molecule has 0 bridgehead atoms. The van der Waals surface area contributed by atoms with Crippen LogP contribution in [0.5, 0.6) is 5.75 Å². The first-order valence-corrected chi connectivity index (χ1v) is 6.33. The minimum Gasteiger partial charge on any atom is -0.489 e. The Balaban J connectivity index is 2.02. The predicted molar refractivity (Wildman–Crippen MR) is 65.4 cm³/mol. The number of anilines is 1. The third-order valence-electron chi connectivity index (χ3n) is 2.54. The molecule has 0 radical (unpaired) electrons. The summed E-state index contributed by atoms with van der Waals surface area (Å²) in [7, 11) is 1.47. The normalized spacial score (nSPS) is 19.7. The SMILES string of the molecule is COc1c(NCC2CCCS2)nc[nH]c1=O. The maximum atomic E-state index is 11.4. The monoisotopic (exact) mass is 241 g/mol. The first kappa shape index (κ1) is 11.3.